The molecule has 1 aliphatic heterocycles. The SMILES string of the molecule is CCC(C)(C)n1nnnc1[C@@H](c1ccc(O)cc1)N1CCN(C)CC1. The van der Waals surface area contributed by atoms with E-state index in [2.05, 4.69) is 53.1 Å². The Labute approximate surface area is 149 Å². The molecule has 0 aliphatic carbocycles. The van der Waals surface area contributed by atoms with Gasteiger partial charge < -0.3 is 10.0 Å². The standard InChI is InChI=1S/C18H28N6O/c1-5-18(2,3)24-17(19-20-21-24)16(14-6-8-15(25)9-7-14)23-12-10-22(4)11-13-23/h6-9,16,25H,5,10-13H2,1-4H3/t16-/m1/s1. The fraction of sp³-hybridized carbons (Fsp3) is 0.611. The molecule has 1 fully saturated rings. The molecule has 2 aromatic rings. The Hall–Kier alpha value is -1.99. The normalized spacial score (nSPS) is 18.4. The van der Waals surface area contributed by atoms with Crippen LogP contribution in [-0.4, -0.2) is 68.3 Å². The first-order valence-electron chi connectivity index (χ1n) is 8.92. The number of hydrogen-bond donors (Lipinski definition) is 1. The Morgan fingerprint density at radius 3 is 2.36 bits per heavy atom. The zero-order valence-electron chi connectivity index (χ0n) is 15.6. The molecule has 0 unspecified atom stereocenters. The number of piperazine rings is 1. The van der Waals surface area contributed by atoms with Gasteiger partial charge in [-0.3, -0.25) is 4.90 Å². The number of rotatable bonds is 5. The van der Waals surface area contributed by atoms with Crippen molar-refractivity contribution in [2.24, 2.45) is 0 Å². The van der Waals surface area contributed by atoms with Crippen molar-refractivity contribution in [2.75, 3.05) is 33.2 Å². The maximum Gasteiger partial charge on any atom is 0.173 e. The Balaban J connectivity index is 2.03. The van der Waals surface area contributed by atoms with Crippen LogP contribution in [0.2, 0.25) is 0 Å². The Morgan fingerprint density at radius 2 is 1.76 bits per heavy atom. The molecule has 0 radical (unpaired) electrons. The van der Waals surface area contributed by atoms with Gasteiger partial charge in [-0.05, 0) is 55.4 Å². The highest BCUT2D eigenvalue weighted by Crippen LogP contribution is 2.32. The van der Waals surface area contributed by atoms with Crippen molar-refractivity contribution in [3.8, 4) is 5.75 Å². The van der Waals surface area contributed by atoms with Gasteiger partial charge in [-0.25, -0.2) is 4.68 Å². The second kappa shape index (κ2) is 7.09. The van der Waals surface area contributed by atoms with Crippen LogP contribution in [0.1, 0.15) is 44.6 Å². The maximum absolute atomic E-state index is 9.67. The van der Waals surface area contributed by atoms with Crippen LogP contribution in [0, 0.1) is 0 Å². The first kappa shape index (κ1) is 17.8. The van der Waals surface area contributed by atoms with Gasteiger partial charge in [0.15, 0.2) is 5.82 Å². The largest absolute Gasteiger partial charge is 0.508 e. The summed E-state index contributed by atoms with van der Waals surface area (Å²) in [6.45, 7) is 10.4. The van der Waals surface area contributed by atoms with Crippen LogP contribution in [0.5, 0.6) is 5.75 Å². The lowest BCUT2D eigenvalue weighted by molar-refractivity contribution is 0.117. The van der Waals surface area contributed by atoms with Crippen LogP contribution in [0.25, 0.3) is 0 Å². The van der Waals surface area contributed by atoms with Crippen molar-refractivity contribution in [1.29, 1.82) is 0 Å². The molecule has 3 rings (SSSR count). The van der Waals surface area contributed by atoms with Crippen molar-refractivity contribution in [1.82, 2.24) is 30.0 Å². The minimum atomic E-state index is -0.152. The van der Waals surface area contributed by atoms with Crippen molar-refractivity contribution in [3.63, 3.8) is 0 Å². The number of phenols is 1. The van der Waals surface area contributed by atoms with E-state index in [1.165, 1.54) is 0 Å². The molecule has 7 nitrogen and oxygen atoms in total. The molecule has 2 heterocycles. The summed E-state index contributed by atoms with van der Waals surface area (Å²) in [7, 11) is 2.15. The fourth-order valence-electron chi connectivity index (χ4n) is 3.21. The highest BCUT2D eigenvalue weighted by Gasteiger charge is 2.33. The molecule has 7 heteroatoms. The number of phenolic OH excluding ortho intramolecular Hbond substituents is 1. The smallest absolute Gasteiger partial charge is 0.173 e. The summed E-state index contributed by atoms with van der Waals surface area (Å²) in [4.78, 5) is 4.77. The van der Waals surface area contributed by atoms with Gasteiger partial charge in [-0.2, -0.15) is 0 Å². The van der Waals surface area contributed by atoms with Crippen molar-refractivity contribution < 1.29 is 5.11 Å². The predicted molar refractivity (Wildman–Crippen MR) is 96.4 cm³/mol. The second-order valence-electron chi connectivity index (χ2n) is 7.45. The van der Waals surface area contributed by atoms with Gasteiger partial charge in [-0.15, -0.1) is 5.10 Å². The summed E-state index contributed by atoms with van der Waals surface area (Å²) in [5.41, 5.74) is 0.950. The van der Waals surface area contributed by atoms with Crippen LogP contribution >= 0.6 is 0 Å². The highest BCUT2D eigenvalue weighted by atomic mass is 16.3. The zero-order chi connectivity index (χ0) is 18.0. The number of hydrogen-bond acceptors (Lipinski definition) is 6. The molecule has 1 N–H and O–H groups in total. The van der Waals surface area contributed by atoms with Gasteiger partial charge in [0, 0.05) is 26.2 Å². The van der Waals surface area contributed by atoms with Crippen LogP contribution in [0.15, 0.2) is 24.3 Å². The molecule has 0 saturated carbocycles. The summed E-state index contributed by atoms with van der Waals surface area (Å²) < 4.78 is 1.96. The maximum atomic E-state index is 9.67. The Kier molecular flexibility index (Phi) is 5.06. The Morgan fingerprint density at radius 1 is 1.12 bits per heavy atom. The topological polar surface area (TPSA) is 70.3 Å². The first-order chi connectivity index (χ1) is 11.9. The summed E-state index contributed by atoms with van der Waals surface area (Å²) >= 11 is 0. The van der Waals surface area contributed by atoms with Crippen molar-refractivity contribution >= 4 is 0 Å². The molecule has 1 aliphatic rings. The third kappa shape index (κ3) is 3.67. The van der Waals surface area contributed by atoms with E-state index in [4.69, 9.17) is 0 Å². The molecule has 136 valence electrons. The lowest BCUT2D eigenvalue weighted by atomic mass is 9.99. The average Bonchev–Trinajstić information content (AvgIpc) is 3.09. The van der Waals surface area contributed by atoms with E-state index in [0.717, 1.165) is 44.0 Å². The van der Waals surface area contributed by atoms with Gasteiger partial charge >= 0.3 is 0 Å². The van der Waals surface area contributed by atoms with E-state index < -0.39 is 0 Å². The van der Waals surface area contributed by atoms with Gasteiger partial charge in [0.25, 0.3) is 0 Å². The average molecular weight is 344 g/mol. The summed E-state index contributed by atoms with van der Waals surface area (Å²) in [6.07, 6.45) is 0.941. The molecule has 0 bridgehead atoms. The van der Waals surface area contributed by atoms with Crippen LogP contribution in [0.4, 0.5) is 0 Å². The third-order valence-corrected chi connectivity index (χ3v) is 5.29. The van der Waals surface area contributed by atoms with E-state index in [9.17, 15) is 5.11 Å². The van der Waals surface area contributed by atoms with Crippen LogP contribution < -0.4 is 0 Å². The van der Waals surface area contributed by atoms with E-state index >= 15 is 0 Å². The number of aromatic nitrogens is 4. The van der Waals surface area contributed by atoms with Gasteiger partial charge in [0.1, 0.15) is 5.75 Å². The number of nitrogens with zero attached hydrogens (tertiary/aromatic N) is 6. The molecule has 1 aromatic carbocycles. The molecular weight excluding hydrogens is 316 g/mol. The minimum absolute atomic E-state index is 0.0184. The summed E-state index contributed by atoms with van der Waals surface area (Å²) in [6, 6.07) is 7.39. The van der Waals surface area contributed by atoms with Crippen LogP contribution in [-0.2, 0) is 5.54 Å². The van der Waals surface area contributed by atoms with Gasteiger partial charge in [0.05, 0.1) is 11.6 Å². The molecular formula is C18H28N6O. The molecule has 1 saturated heterocycles. The molecule has 1 atom stereocenters. The molecule has 0 amide bonds. The number of likely N-dealkylation sites (N-methyl/N-ethyl adjacent to an activating group) is 1. The molecule has 0 spiro atoms. The predicted octanol–water partition coefficient (Wildman–Crippen LogP) is 1.86. The quantitative estimate of drug-likeness (QED) is 0.893. The zero-order valence-corrected chi connectivity index (χ0v) is 15.6. The van der Waals surface area contributed by atoms with Gasteiger partial charge in [0.2, 0.25) is 0 Å². The number of tetrazole rings is 1. The lowest BCUT2D eigenvalue weighted by Crippen LogP contribution is -2.47. The molecule has 25 heavy (non-hydrogen) atoms. The fourth-order valence-corrected chi connectivity index (χ4v) is 3.21. The van der Waals surface area contributed by atoms with Crippen molar-refractivity contribution in [3.05, 3.63) is 35.7 Å². The van der Waals surface area contributed by atoms with Crippen LogP contribution in [0.3, 0.4) is 0 Å². The third-order valence-electron chi connectivity index (χ3n) is 5.29. The summed E-state index contributed by atoms with van der Waals surface area (Å²) in [5, 5.41) is 22.4. The van der Waals surface area contributed by atoms with Crippen molar-refractivity contribution in [2.45, 2.75) is 38.8 Å². The summed E-state index contributed by atoms with van der Waals surface area (Å²) in [5.74, 6) is 1.14. The monoisotopic (exact) mass is 344 g/mol. The van der Waals surface area contributed by atoms with E-state index in [-0.39, 0.29) is 17.3 Å². The van der Waals surface area contributed by atoms with Gasteiger partial charge in [-0.1, -0.05) is 19.1 Å². The Bertz CT molecular complexity index is 688. The van der Waals surface area contributed by atoms with E-state index in [0.29, 0.717) is 0 Å². The highest BCUT2D eigenvalue weighted by molar-refractivity contribution is 5.31. The minimum Gasteiger partial charge on any atom is -0.508 e. The lowest BCUT2D eigenvalue weighted by Gasteiger charge is -2.38. The molecule has 1 aromatic heterocycles. The number of benzene rings is 1. The first-order valence-corrected chi connectivity index (χ1v) is 8.92. The number of aromatic hydroxyl groups is 1. The second-order valence-corrected chi connectivity index (χ2v) is 7.45. The van der Waals surface area contributed by atoms with E-state index in [1.807, 2.05) is 16.8 Å². The van der Waals surface area contributed by atoms with E-state index in [1.54, 1.807) is 12.1 Å².